The fourth-order valence-electron chi connectivity index (χ4n) is 3.99. The molecule has 2 unspecified atom stereocenters. The van der Waals surface area contributed by atoms with Crippen LogP contribution in [0.2, 0.25) is 0 Å². The third-order valence-electron chi connectivity index (χ3n) is 4.69. The topological polar surface area (TPSA) is 35.0 Å². The molecule has 3 nitrogen and oxygen atoms in total. The van der Waals surface area contributed by atoms with E-state index in [-0.39, 0.29) is 0 Å². The number of nitrogens with zero attached hydrogens (tertiary/aromatic N) is 2. The van der Waals surface area contributed by atoms with Gasteiger partial charge in [-0.15, -0.1) is 0 Å². The first-order valence-electron chi connectivity index (χ1n) is 7.02. The maximum Gasteiger partial charge on any atom is 0.132 e. The predicted octanol–water partition coefficient (Wildman–Crippen LogP) is 3.01. The van der Waals surface area contributed by atoms with Crippen molar-refractivity contribution in [2.75, 3.05) is 7.11 Å². The van der Waals surface area contributed by atoms with Gasteiger partial charge in [-0.2, -0.15) is 0 Å². The van der Waals surface area contributed by atoms with Gasteiger partial charge in [0.05, 0.1) is 6.10 Å². The van der Waals surface area contributed by atoms with Crippen LogP contribution < -0.4 is 0 Å². The Morgan fingerprint density at radius 2 is 1.61 bits per heavy atom. The average molecular weight is 246 g/mol. The lowest BCUT2D eigenvalue weighted by molar-refractivity contribution is 0.0368. The van der Waals surface area contributed by atoms with E-state index in [0.29, 0.717) is 12.0 Å². The second kappa shape index (κ2) is 4.61. The molecule has 0 spiro atoms. The van der Waals surface area contributed by atoms with Crippen LogP contribution in [0, 0.1) is 25.7 Å². The van der Waals surface area contributed by atoms with Gasteiger partial charge in [0.2, 0.25) is 0 Å². The van der Waals surface area contributed by atoms with Gasteiger partial charge in [0.15, 0.2) is 0 Å². The first-order chi connectivity index (χ1) is 8.67. The molecule has 3 heteroatoms. The van der Waals surface area contributed by atoms with Crippen LogP contribution in [0.25, 0.3) is 0 Å². The predicted molar refractivity (Wildman–Crippen MR) is 70.5 cm³/mol. The summed E-state index contributed by atoms with van der Waals surface area (Å²) < 4.78 is 5.56. The maximum atomic E-state index is 5.56. The highest BCUT2D eigenvalue weighted by molar-refractivity contribution is 5.15. The van der Waals surface area contributed by atoms with E-state index in [0.717, 1.165) is 29.0 Å². The normalized spacial score (nSPS) is 34.8. The Morgan fingerprint density at radius 1 is 1.06 bits per heavy atom. The summed E-state index contributed by atoms with van der Waals surface area (Å²) in [4.78, 5) is 9.39. The number of rotatable bonds is 2. The Morgan fingerprint density at radius 3 is 2.11 bits per heavy atom. The number of ether oxygens (including phenoxy) is 1. The summed E-state index contributed by atoms with van der Waals surface area (Å²) in [6.45, 7) is 4.14. The molecule has 0 aliphatic heterocycles. The molecular weight excluding hydrogens is 224 g/mol. The van der Waals surface area contributed by atoms with Gasteiger partial charge >= 0.3 is 0 Å². The number of aryl methyl sites for hydroxylation is 2. The zero-order chi connectivity index (χ0) is 12.7. The van der Waals surface area contributed by atoms with Crippen LogP contribution in [-0.2, 0) is 4.74 Å². The third-order valence-corrected chi connectivity index (χ3v) is 4.69. The van der Waals surface area contributed by atoms with E-state index in [9.17, 15) is 0 Å². The van der Waals surface area contributed by atoms with Gasteiger partial charge in [0.1, 0.15) is 5.82 Å². The highest BCUT2D eigenvalue weighted by Gasteiger charge is 2.44. The number of hydrogen-bond donors (Lipinski definition) is 0. The third kappa shape index (κ3) is 2.05. The summed E-state index contributed by atoms with van der Waals surface area (Å²) in [6, 6.07) is 2.06. The van der Waals surface area contributed by atoms with Crippen LogP contribution in [0.3, 0.4) is 0 Å². The lowest BCUT2D eigenvalue weighted by Gasteiger charge is -2.33. The molecule has 0 radical (unpaired) electrons. The second-order valence-electron chi connectivity index (χ2n) is 5.96. The van der Waals surface area contributed by atoms with Crippen molar-refractivity contribution in [3.05, 3.63) is 23.3 Å². The zero-order valence-electron chi connectivity index (χ0n) is 11.5. The second-order valence-corrected chi connectivity index (χ2v) is 5.96. The molecular formula is C15H22N2O. The molecule has 1 heterocycles. The van der Waals surface area contributed by atoms with Crippen molar-refractivity contribution < 1.29 is 4.74 Å². The van der Waals surface area contributed by atoms with E-state index in [1.54, 1.807) is 0 Å². The van der Waals surface area contributed by atoms with Crippen LogP contribution in [-0.4, -0.2) is 23.2 Å². The Balaban J connectivity index is 1.89. The summed E-state index contributed by atoms with van der Waals surface area (Å²) in [5.74, 6) is 3.13. The quantitative estimate of drug-likeness (QED) is 0.804. The lowest BCUT2D eigenvalue weighted by Crippen LogP contribution is -2.30. The summed E-state index contributed by atoms with van der Waals surface area (Å²) in [5.41, 5.74) is 2.21. The minimum Gasteiger partial charge on any atom is -0.381 e. The molecule has 2 saturated carbocycles. The Hall–Kier alpha value is -0.960. The molecule has 2 bridgehead atoms. The molecule has 4 atom stereocenters. The van der Waals surface area contributed by atoms with Crippen LogP contribution in [0.1, 0.15) is 48.8 Å². The number of methoxy groups -OCH3 is 1. The molecule has 98 valence electrons. The Bertz CT molecular complexity index is 412. The minimum absolute atomic E-state index is 0.463. The Labute approximate surface area is 109 Å². The molecule has 2 aliphatic rings. The SMILES string of the molecule is COC1C[C@H]2CC[C@@H](C1)C2c1nc(C)cc(C)n1. The van der Waals surface area contributed by atoms with Crippen molar-refractivity contribution in [1.82, 2.24) is 9.97 Å². The van der Waals surface area contributed by atoms with E-state index in [1.807, 2.05) is 7.11 Å². The smallest absolute Gasteiger partial charge is 0.132 e. The fourth-order valence-corrected chi connectivity index (χ4v) is 3.99. The standard InChI is InChI=1S/C15H22N2O/c1-9-6-10(2)17-15(16-9)14-11-4-5-12(14)8-13(7-11)18-3/h6,11-14H,4-5,7-8H2,1-3H3/t11-,12+,13?,14?. The molecule has 2 aliphatic carbocycles. The molecule has 3 rings (SSSR count). The van der Waals surface area contributed by atoms with E-state index < -0.39 is 0 Å². The van der Waals surface area contributed by atoms with Crippen LogP contribution in [0.15, 0.2) is 6.07 Å². The molecule has 1 aromatic rings. The van der Waals surface area contributed by atoms with Gasteiger partial charge in [0.25, 0.3) is 0 Å². The van der Waals surface area contributed by atoms with Crippen LogP contribution >= 0.6 is 0 Å². The molecule has 1 aromatic heterocycles. The van der Waals surface area contributed by atoms with E-state index >= 15 is 0 Å². The zero-order valence-corrected chi connectivity index (χ0v) is 11.5. The first kappa shape index (κ1) is 12.1. The first-order valence-corrected chi connectivity index (χ1v) is 7.02. The van der Waals surface area contributed by atoms with Crippen LogP contribution in [0.4, 0.5) is 0 Å². The van der Waals surface area contributed by atoms with Gasteiger partial charge in [-0.25, -0.2) is 9.97 Å². The molecule has 18 heavy (non-hydrogen) atoms. The van der Waals surface area contributed by atoms with Crippen LogP contribution in [0.5, 0.6) is 0 Å². The van der Waals surface area contributed by atoms with Gasteiger partial charge in [-0.1, -0.05) is 0 Å². The average Bonchev–Trinajstić information content (AvgIpc) is 2.59. The van der Waals surface area contributed by atoms with Crippen molar-refractivity contribution in [2.45, 2.75) is 51.6 Å². The fraction of sp³-hybridized carbons (Fsp3) is 0.733. The van der Waals surface area contributed by atoms with E-state index in [2.05, 4.69) is 19.9 Å². The number of fused-ring (bicyclic) bond motifs is 2. The lowest BCUT2D eigenvalue weighted by atomic mass is 9.76. The Kier molecular flexibility index (Phi) is 3.10. The van der Waals surface area contributed by atoms with Gasteiger partial charge in [0, 0.05) is 24.4 Å². The molecule has 0 amide bonds. The van der Waals surface area contributed by atoms with Crippen molar-refractivity contribution in [1.29, 1.82) is 0 Å². The molecule has 0 saturated heterocycles. The van der Waals surface area contributed by atoms with Gasteiger partial charge < -0.3 is 4.74 Å². The van der Waals surface area contributed by atoms with Crippen molar-refractivity contribution >= 4 is 0 Å². The summed E-state index contributed by atoms with van der Waals surface area (Å²) >= 11 is 0. The van der Waals surface area contributed by atoms with Crippen molar-refractivity contribution in [3.8, 4) is 0 Å². The molecule has 2 fully saturated rings. The number of aromatic nitrogens is 2. The van der Waals surface area contributed by atoms with Crippen molar-refractivity contribution in [3.63, 3.8) is 0 Å². The largest absolute Gasteiger partial charge is 0.381 e. The van der Waals surface area contributed by atoms with Gasteiger partial charge in [-0.05, 0) is 57.4 Å². The van der Waals surface area contributed by atoms with Crippen molar-refractivity contribution in [2.24, 2.45) is 11.8 Å². The van der Waals surface area contributed by atoms with Gasteiger partial charge in [-0.3, -0.25) is 0 Å². The minimum atomic E-state index is 0.463. The highest BCUT2D eigenvalue weighted by Crippen LogP contribution is 2.51. The molecule has 0 N–H and O–H groups in total. The summed E-state index contributed by atoms with van der Waals surface area (Å²) in [7, 11) is 1.84. The monoisotopic (exact) mass is 246 g/mol. The molecule has 0 aromatic carbocycles. The summed E-state index contributed by atoms with van der Waals surface area (Å²) in [5, 5.41) is 0. The summed E-state index contributed by atoms with van der Waals surface area (Å²) in [6.07, 6.45) is 5.49. The highest BCUT2D eigenvalue weighted by atomic mass is 16.5. The maximum absolute atomic E-state index is 5.56. The van der Waals surface area contributed by atoms with E-state index in [1.165, 1.54) is 25.7 Å². The number of hydrogen-bond acceptors (Lipinski definition) is 3. The van der Waals surface area contributed by atoms with E-state index in [4.69, 9.17) is 14.7 Å².